The fourth-order valence-electron chi connectivity index (χ4n) is 2.03. The first kappa shape index (κ1) is 14.2. The molecule has 0 bridgehead atoms. The number of aromatic nitrogens is 3. The molecule has 7 heteroatoms. The summed E-state index contributed by atoms with van der Waals surface area (Å²) < 4.78 is 0.772. The minimum atomic E-state index is -0.0998. The molecule has 3 N–H and O–H groups in total. The van der Waals surface area contributed by atoms with Crippen LogP contribution < -0.4 is 11.3 Å². The first-order chi connectivity index (χ1) is 10.3. The number of nitrogens with one attached hydrogen (secondary N) is 1. The summed E-state index contributed by atoms with van der Waals surface area (Å²) in [6.07, 6.45) is 2.45. The van der Waals surface area contributed by atoms with Gasteiger partial charge in [-0.15, -0.1) is 11.3 Å². The minimum Gasteiger partial charge on any atom is -0.271 e. The van der Waals surface area contributed by atoms with Crippen LogP contribution in [-0.4, -0.2) is 15.0 Å². The summed E-state index contributed by atoms with van der Waals surface area (Å²) in [5.41, 5.74) is 4.50. The first-order valence-electron chi connectivity index (χ1n) is 6.44. The molecule has 1 atom stereocenters. The molecule has 0 fully saturated rings. The molecule has 2 aromatic heterocycles. The maximum atomic E-state index is 5.95. The van der Waals surface area contributed by atoms with Crippen LogP contribution in [0.25, 0.3) is 5.69 Å². The van der Waals surface area contributed by atoms with Crippen LogP contribution in [0.2, 0.25) is 4.34 Å². The van der Waals surface area contributed by atoms with Crippen molar-refractivity contribution in [3.05, 3.63) is 63.6 Å². The number of hydrogen-bond acceptors (Lipinski definition) is 5. The van der Waals surface area contributed by atoms with Gasteiger partial charge < -0.3 is 0 Å². The van der Waals surface area contributed by atoms with E-state index < -0.39 is 0 Å². The van der Waals surface area contributed by atoms with Crippen LogP contribution in [0.15, 0.2) is 48.7 Å². The van der Waals surface area contributed by atoms with E-state index in [1.807, 2.05) is 42.5 Å². The van der Waals surface area contributed by atoms with Crippen LogP contribution >= 0.6 is 22.9 Å². The SMILES string of the molecule is NNC(Cc1ccc(Cl)s1)c1cnn(-c2ccccc2)n1. The smallest absolute Gasteiger partial charge is 0.102 e. The number of nitrogens with two attached hydrogens (primary N) is 1. The zero-order chi connectivity index (χ0) is 14.7. The monoisotopic (exact) mass is 319 g/mol. The van der Waals surface area contributed by atoms with Crippen molar-refractivity contribution >= 4 is 22.9 Å². The molecule has 0 aliphatic heterocycles. The standard InChI is InChI=1S/C14H14ClN5S/c15-14-7-6-11(21-14)8-12(18-16)13-9-17-20(19-13)10-4-2-1-3-5-10/h1-7,9,12,18H,8,16H2. The highest BCUT2D eigenvalue weighted by Gasteiger charge is 2.16. The van der Waals surface area contributed by atoms with Gasteiger partial charge in [0.1, 0.15) is 5.69 Å². The van der Waals surface area contributed by atoms with Gasteiger partial charge >= 0.3 is 0 Å². The van der Waals surface area contributed by atoms with Gasteiger partial charge in [-0.3, -0.25) is 11.3 Å². The van der Waals surface area contributed by atoms with Gasteiger partial charge in [0.05, 0.1) is 22.3 Å². The number of halogens is 1. The molecule has 0 saturated carbocycles. The van der Waals surface area contributed by atoms with E-state index in [2.05, 4.69) is 15.6 Å². The number of nitrogens with zero attached hydrogens (tertiary/aromatic N) is 3. The van der Waals surface area contributed by atoms with Crippen molar-refractivity contribution in [3.63, 3.8) is 0 Å². The highest BCUT2D eigenvalue weighted by atomic mass is 35.5. The number of hydrogen-bond donors (Lipinski definition) is 2. The molecule has 2 heterocycles. The largest absolute Gasteiger partial charge is 0.271 e. The van der Waals surface area contributed by atoms with Crippen molar-refractivity contribution in [3.8, 4) is 5.69 Å². The number of benzene rings is 1. The number of rotatable bonds is 5. The molecule has 5 nitrogen and oxygen atoms in total. The molecule has 21 heavy (non-hydrogen) atoms. The summed E-state index contributed by atoms with van der Waals surface area (Å²) in [7, 11) is 0. The van der Waals surface area contributed by atoms with Crippen LogP contribution in [-0.2, 0) is 6.42 Å². The normalized spacial score (nSPS) is 12.5. The number of para-hydroxylation sites is 1. The maximum Gasteiger partial charge on any atom is 0.102 e. The van der Waals surface area contributed by atoms with Crippen LogP contribution in [0.5, 0.6) is 0 Å². The van der Waals surface area contributed by atoms with E-state index in [-0.39, 0.29) is 6.04 Å². The number of hydrazine groups is 1. The van der Waals surface area contributed by atoms with Crippen molar-refractivity contribution in [1.29, 1.82) is 0 Å². The van der Waals surface area contributed by atoms with Gasteiger partial charge in [-0.1, -0.05) is 29.8 Å². The van der Waals surface area contributed by atoms with Crippen LogP contribution in [0.1, 0.15) is 16.6 Å². The zero-order valence-electron chi connectivity index (χ0n) is 11.1. The second-order valence-corrected chi connectivity index (χ2v) is 6.32. The van der Waals surface area contributed by atoms with Gasteiger partial charge in [-0.05, 0) is 24.3 Å². The van der Waals surface area contributed by atoms with E-state index in [1.165, 1.54) is 0 Å². The van der Waals surface area contributed by atoms with Gasteiger partial charge in [0.25, 0.3) is 0 Å². The lowest BCUT2D eigenvalue weighted by Crippen LogP contribution is -2.29. The van der Waals surface area contributed by atoms with E-state index in [4.69, 9.17) is 17.4 Å². The molecule has 1 aromatic carbocycles. The molecule has 0 amide bonds. The molecule has 3 rings (SSSR count). The Labute approximate surface area is 131 Å². The van der Waals surface area contributed by atoms with Gasteiger partial charge in [0.2, 0.25) is 0 Å². The Morgan fingerprint density at radius 1 is 1.24 bits per heavy atom. The van der Waals surface area contributed by atoms with Crippen molar-refractivity contribution in [2.75, 3.05) is 0 Å². The first-order valence-corrected chi connectivity index (χ1v) is 7.63. The fraction of sp³-hybridized carbons (Fsp3) is 0.143. The predicted molar refractivity (Wildman–Crippen MR) is 84.5 cm³/mol. The van der Waals surface area contributed by atoms with Crippen LogP contribution in [0.4, 0.5) is 0 Å². The third kappa shape index (κ3) is 3.30. The molecule has 108 valence electrons. The summed E-state index contributed by atoms with van der Waals surface area (Å²) in [4.78, 5) is 2.75. The van der Waals surface area contributed by atoms with E-state index in [0.717, 1.165) is 27.0 Å². The van der Waals surface area contributed by atoms with E-state index in [9.17, 15) is 0 Å². The summed E-state index contributed by atoms with van der Waals surface area (Å²) >= 11 is 7.50. The summed E-state index contributed by atoms with van der Waals surface area (Å²) in [6.45, 7) is 0. The molecular weight excluding hydrogens is 306 g/mol. The van der Waals surface area contributed by atoms with Gasteiger partial charge in [0.15, 0.2) is 0 Å². The third-order valence-electron chi connectivity index (χ3n) is 3.09. The highest BCUT2D eigenvalue weighted by Crippen LogP contribution is 2.25. The molecule has 0 spiro atoms. The topological polar surface area (TPSA) is 68.8 Å². The Balaban J connectivity index is 1.80. The minimum absolute atomic E-state index is 0.0998. The fourth-order valence-corrected chi connectivity index (χ4v) is 3.16. The van der Waals surface area contributed by atoms with Gasteiger partial charge in [-0.2, -0.15) is 15.0 Å². The molecule has 0 aliphatic rings. The van der Waals surface area contributed by atoms with E-state index in [1.54, 1.807) is 22.3 Å². The Kier molecular flexibility index (Phi) is 4.31. The lowest BCUT2D eigenvalue weighted by Gasteiger charge is -2.11. The summed E-state index contributed by atoms with van der Waals surface area (Å²) in [5.74, 6) is 5.65. The predicted octanol–water partition coefficient (Wildman–Crippen LogP) is 2.73. The second kappa shape index (κ2) is 6.36. The van der Waals surface area contributed by atoms with Crippen molar-refractivity contribution in [2.24, 2.45) is 5.84 Å². The summed E-state index contributed by atoms with van der Waals surface area (Å²) in [6, 6.07) is 13.5. The third-order valence-corrected chi connectivity index (χ3v) is 4.34. The zero-order valence-corrected chi connectivity index (χ0v) is 12.7. The Morgan fingerprint density at radius 2 is 2.05 bits per heavy atom. The Morgan fingerprint density at radius 3 is 2.71 bits per heavy atom. The average Bonchev–Trinajstić information content (AvgIpc) is 3.15. The average molecular weight is 320 g/mol. The lowest BCUT2D eigenvalue weighted by atomic mass is 10.1. The Hall–Kier alpha value is -1.73. The summed E-state index contributed by atoms with van der Waals surface area (Å²) in [5, 5.41) is 8.78. The van der Waals surface area contributed by atoms with E-state index in [0.29, 0.717) is 0 Å². The van der Waals surface area contributed by atoms with Crippen molar-refractivity contribution in [2.45, 2.75) is 12.5 Å². The van der Waals surface area contributed by atoms with Gasteiger partial charge in [0, 0.05) is 11.3 Å². The van der Waals surface area contributed by atoms with E-state index >= 15 is 0 Å². The van der Waals surface area contributed by atoms with Crippen molar-refractivity contribution < 1.29 is 0 Å². The Bertz CT molecular complexity index is 709. The van der Waals surface area contributed by atoms with Gasteiger partial charge in [-0.25, -0.2) is 0 Å². The molecule has 3 aromatic rings. The quantitative estimate of drug-likeness (QED) is 0.560. The molecule has 1 unspecified atom stereocenters. The van der Waals surface area contributed by atoms with Crippen LogP contribution in [0, 0.1) is 0 Å². The van der Waals surface area contributed by atoms with Crippen LogP contribution in [0.3, 0.4) is 0 Å². The molecule has 0 aliphatic carbocycles. The molecular formula is C14H14ClN5S. The molecule has 0 saturated heterocycles. The molecule has 0 radical (unpaired) electrons. The number of thiophene rings is 1. The lowest BCUT2D eigenvalue weighted by molar-refractivity contribution is 0.536. The van der Waals surface area contributed by atoms with Crippen molar-refractivity contribution in [1.82, 2.24) is 20.4 Å². The highest BCUT2D eigenvalue weighted by molar-refractivity contribution is 7.16. The maximum absolute atomic E-state index is 5.95. The second-order valence-electron chi connectivity index (χ2n) is 4.52.